The predicted molar refractivity (Wildman–Crippen MR) is 54.7 cm³/mol. The fourth-order valence-electron chi connectivity index (χ4n) is 1.66. The first kappa shape index (κ1) is 9.77. The van der Waals surface area contributed by atoms with Crippen LogP contribution in [0.1, 0.15) is 19.2 Å². The summed E-state index contributed by atoms with van der Waals surface area (Å²) in [7, 11) is 0. The largest absolute Gasteiger partial charge is 0.408 e. The summed E-state index contributed by atoms with van der Waals surface area (Å²) in [6.45, 7) is 4.27. The van der Waals surface area contributed by atoms with Crippen LogP contribution in [0.4, 0.5) is 6.01 Å². The smallest absolute Gasteiger partial charge is 0.318 e. The molecule has 0 spiro atoms. The Morgan fingerprint density at radius 3 is 3.07 bits per heavy atom. The number of hydrogen-bond acceptors (Lipinski definition) is 4. The molecule has 0 radical (unpaired) electrons. The summed E-state index contributed by atoms with van der Waals surface area (Å²) >= 11 is 5.59. The van der Waals surface area contributed by atoms with E-state index in [0.29, 0.717) is 24.2 Å². The van der Waals surface area contributed by atoms with Crippen LogP contribution in [0.15, 0.2) is 4.42 Å². The molecule has 1 saturated heterocycles. The van der Waals surface area contributed by atoms with Crippen LogP contribution in [-0.4, -0.2) is 29.2 Å². The molecular formula is C9H14ClN3O. The third-order valence-corrected chi connectivity index (χ3v) is 2.65. The predicted octanol–water partition coefficient (Wildman–Crippen LogP) is 1.70. The summed E-state index contributed by atoms with van der Waals surface area (Å²) in [5.41, 5.74) is 0. The second kappa shape index (κ2) is 4.17. The van der Waals surface area contributed by atoms with E-state index in [9.17, 15) is 0 Å². The van der Waals surface area contributed by atoms with E-state index in [4.69, 9.17) is 16.0 Å². The number of halogens is 1. The second-order valence-corrected chi connectivity index (χ2v) is 4.14. The first-order valence-corrected chi connectivity index (χ1v) is 5.46. The minimum absolute atomic E-state index is 0.526. The molecular weight excluding hydrogens is 202 g/mol. The zero-order valence-electron chi connectivity index (χ0n) is 8.24. The van der Waals surface area contributed by atoms with Gasteiger partial charge in [-0.05, 0) is 12.3 Å². The van der Waals surface area contributed by atoms with E-state index in [1.54, 1.807) is 0 Å². The van der Waals surface area contributed by atoms with Gasteiger partial charge in [-0.15, -0.1) is 16.7 Å². The lowest BCUT2D eigenvalue weighted by Gasteiger charge is -2.10. The summed E-state index contributed by atoms with van der Waals surface area (Å²) in [5, 5.41) is 7.93. The average Bonchev–Trinajstić information content (AvgIpc) is 2.74. The molecule has 1 aliphatic heterocycles. The number of hydrogen-bond donors (Lipinski definition) is 0. The fourth-order valence-corrected chi connectivity index (χ4v) is 1.82. The van der Waals surface area contributed by atoms with E-state index in [-0.39, 0.29) is 0 Å². The van der Waals surface area contributed by atoms with Gasteiger partial charge in [0.25, 0.3) is 0 Å². The highest BCUT2D eigenvalue weighted by molar-refractivity contribution is 6.17. The molecule has 2 heterocycles. The lowest BCUT2D eigenvalue weighted by molar-refractivity contribution is 0.494. The maximum Gasteiger partial charge on any atom is 0.318 e. The Morgan fingerprint density at radius 1 is 1.57 bits per heavy atom. The van der Waals surface area contributed by atoms with Crippen molar-refractivity contribution in [1.82, 2.24) is 10.2 Å². The summed E-state index contributed by atoms with van der Waals surface area (Å²) in [4.78, 5) is 2.13. The van der Waals surface area contributed by atoms with Crippen LogP contribution in [0, 0.1) is 5.92 Å². The van der Waals surface area contributed by atoms with E-state index in [1.807, 2.05) is 0 Å². The van der Waals surface area contributed by atoms with Crippen molar-refractivity contribution in [2.75, 3.05) is 23.9 Å². The van der Waals surface area contributed by atoms with Gasteiger partial charge in [-0.2, -0.15) is 0 Å². The molecule has 1 aliphatic rings. The van der Waals surface area contributed by atoms with Crippen LogP contribution in [0.3, 0.4) is 0 Å². The van der Waals surface area contributed by atoms with Crippen molar-refractivity contribution in [2.24, 2.45) is 5.92 Å². The number of rotatable bonds is 3. The molecule has 0 amide bonds. The Bertz CT molecular complexity index is 302. The number of anilines is 1. The van der Waals surface area contributed by atoms with Gasteiger partial charge < -0.3 is 9.32 Å². The highest BCUT2D eigenvalue weighted by atomic mass is 35.5. The monoisotopic (exact) mass is 215 g/mol. The van der Waals surface area contributed by atoms with Gasteiger partial charge in [0, 0.05) is 25.4 Å². The molecule has 1 aromatic heterocycles. The Kier molecular flexibility index (Phi) is 2.91. The number of alkyl halides is 1. The van der Waals surface area contributed by atoms with Gasteiger partial charge in [0.15, 0.2) is 0 Å². The Morgan fingerprint density at radius 2 is 2.43 bits per heavy atom. The first-order chi connectivity index (χ1) is 6.79. The highest BCUT2D eigenvalue weighted by Crippen LogP contribution is 2.22. The molecule has 1 fully saturated rings. The molecule has 1 atom stereocenters. The zero-order chi connectivity index (χ0) is 9.97. The number of aromatic nitrogens is 2. The van der Waals surface area contributed by atoms with Crippen LogP contribution in [0.2, 0.25) is 0 Å². The lowest BCUT2D eigenvalue weighted by Crippen LogP contribution is -2.19. The van der Waals surface area contributed by atoms with Gasteiger partial charge in [0.2, 0.25) is 5.89 Å². The molecule has 1 aromatic rings. The Hall–Kier alpha value is -0.770. The van der Waals surface area contributed by atoms with E-state index in [1.165, 1.54) is 6.42 Å². The average molecular weight is 216 g/mol. The first-order valence-electron chi connectivity index (χ1n) is 4.93. The molecule has 0 aliphatic carbocycles. The van der Waals surface area contributed by atoms with Crippen LogP contribution in [0.25, 0.3) is 0 Å². The van der Waals surface area contributed by atoms with Gasteiger partial charge in [0.1, 0.15) is 0 Å². The van der Waals surface area contributed by atoms with Crippen LogP contribution < -0.4 is 4.90 Å². The molecule has 0 N–H and O–H groups in total. The van der Waals surface area contributed by atoms with E-state index < -0.39 is 0 Å². The molecule has 5 heteroatoms. The number of nitrogens with zero attached hydrogens (tertiary/aromatic N) is 3. The minimum atomic E-state index is 0.526. The summed E-state index contributed by atoms with van der Waals surface area (Å²) in [5.74, 6) is 1.88. The van der Waals surface area contributed by atoms with Crippen molar-refractivity contribution >= 4 is 17.6 Å². The van der Waals surface area contributed by atoms with Crippen LogP contribution in [0.5, 0.6) is 0 Å². The van der Waals surface area contributed by atoms with Gasteiger partial charge in [-0.25, -0.2) is 0 Å². The molecule has 78 valence electrons. The van der Waals surface area contributed by atoms with Gasteiger partial charge in [-0.1, -0.05) is 12.0 Å². The maximum absolute atomic E-state index is 5.59. The van der Waals surface area contributed by atoms with E-state index >= 15 is 0 Å². The molecule has 2 rings (SSSR count). The van der Waals surface area contributed by atoms with Crippen molar-refractivity contribution in [3.63, 3.8) is 0 Å². The highest BCUT2D eigenvalue weighted by Gasteiger charge is 2.22. The second-order valence-electron chi connectivity index (χ2n) is 3.76. The van der Waals surface area contributed by atoms with Crippen LogP contribution in [-0.2, 0) is 6.42 Å². The van der Waals surface area contributed by atoms with Crippen LogP contribution >= 0.6 is 11.6 Å². The third-order valence-electron chi connectivity index (χ3n) is 2.46. The molecule has 0 aromatic carbocycles. The maximum atomic E-state index is 5.59. The summed E-state index contributed by atoms with van der Waals surface area (Å²) < 4.78 is 5.48. The number of aryl methyl sites for hydroxylation is 1. The fraction of sp³-hybridized carbons (Fsp3) is 0.778. The van der Waals surface area contributed by atoms with Gasteiger partial charge in [0.05, 0.1) is 0 Å². The van der Waals surface area contributed by atoms with E-state index in [2.05, 4.69) is 22.0 Å². The van der Waals surface area contributed by atoms with Crippen molar-refractivity contribution in [3.8, 4) is 0 Å². The molecule has 0 saturated carbocycles. The zero-order valence-corrected chi connectivity index (χ0v) is 9.00. The topological polar surface area (TPSA) is 42.2 Å². The lowest BCUT2D eigenvalue weighted by atomic mass is 10.2. The molecule has 4 nitrogen and oxygen atoms in total. The standard InChI is InChI=1S/C9H14ClN3O/c1-7-3-5-13(6-7)9-12-11-8(14-9)2-4-10/h7H,2-6H2,1H3. The Balaban J connectivity index is 2.02. The SMILES string of the molecule is CC1CCN(c2nnc(CCCl)o2)C1. The molecule has 14 heavy (non-hydrogen) atoms. The van der Waals surface area contributed by atoms with Gasteiger partial charge >= 0.3 is 6.01 Å². The van der Waals surface area contributed by atoms with Crippen molar-refractivity contribution in [1.29, 1.82) is 0 Å². The van der Waals surface area contributed by atoms with Crippen molar-refractivity contribution in [2.45, 2.75) is 19.8 Å². The normalized spacial score (nSPS) is 21.9. The third kappa shape index (κ3) is 2.00. The molecule has 1 unspecified atom stereocenters. The van der Waals surface area contributed by atoms with E-state index in [0.717, 1.165) is 19.0 Å². The quantitative estimate of drug-likeness (QED) is 0.720. The summed E-state index contributed by atoms with van der Waals surface area (Å²) in [6, 6.07) is 0.648. The summed E-state index contributed by atoms with van der Waals surface area (Å²) in [6.07, 6.45) is 1.85. The van der Waals surface area contributed by atoms with Gasteiger partial charge in [-0.3, -0.25) is 0 Å². The van der Waals surface area contributed by atoms with Crippen molar-refractivity contribution < 1.29 is 4.42 Å². The van der Waals surface area contributed by atoms with Crippen molar-refractivity contribution in [3.05, 3.63) is 5.89 Å². The Labute approximate surface area is 88.2 Å². The minimum Gasteiger partial charge on any atom is -0.408 e. The molecule has 0 bridgehead atoms.